The summed E-state index contributed by atoms with van der Waals surface area (Å²) in [5.74, 6) is 1.10. The molecule has 8 nitrogen and oxygen atoms in total. The molecule has 0 aliphatic carbocycles. The van der Waals surface area contributed by atoms with Gasteiger partial charge in [-0.05, 0) is 43.7 Å². The third-order valence-corrected chi connectivity index (χ3v) is 4.53. The molecule has 0 atom stereocenters. The summed E-state index contributed by atoms with van der Waals surface area (Å²) >= 11 is 0. The number of aromatic amines is 1. The van der Waals surface area contributed by atoms with Crippen LogP contribution in [0.15, 0.2) is 65.5 Å². The predicted octanol–water partition coefficient (Wildman–Crippen LogP) is 2.65. The fraction of sp³-hybridized carbons (Fsp3) is 0.182. The van der Waals surface area contributed by atoms with Gasteiger partial charge in [0.2, 0.25) is 0 Å². The number of aryl methyl sites for hydroxylation is 2. The first-order chi connectivity index (χ1) is 14.5. The van der Waals surface area contributed by atoms with E-state index in [0.717, 1.165) is 5.56 Å². The SMILES string of the molecule is Cc1cccc(N(Cc2nc3nc(C)cc(=O)n3[nH]2)C(=O)COc2ccccc2)c1. The maximum atomic E-state index is 13.0. The molecular weight excluding hydrogens is 382 g/mol. The maximum Gasteiger partial charge on any atom is 0.274 e. The monoisotopic (exact) mass is 403 g/mol. The Morgan fingerprint density at radius 3 is 2.63 bits per heavy atom. The van der Waals surface area contributed by atoms with E-state index in [0.29, 0.717) is 23.0 Å². The minimum Gasteiger partial charge on any atom is -0.484 e. The van der Waals surface area contributed by atoms with Gasteiger partial charge in [-0.15, -0.1) is 0 Å². The molecule has 0 aliphatic heterocycles. The van der Waals surface area contributed by atoms with Crippen molar-refractivity contribution in [1.29, 1.82) is 0 Å². The Morgan fingerprint density at radius 2 is 1.87 bits per heavy atom. The summed E-state index contributed by atoms with van der Waals surface area (Å²) < 4.78 is 6.91. The Morgan fingerprint density at radius 1 is 1.07 bits per heavy atom. The van der Waals surface area contributed by atoms with Crippen molar-refractivity contribution < 1.29 is 9.53 Å². The van der Waals surface area contributed by atoms with Gasteiger partial charge in [0.05, 0.1) is 6.54 Å². The number of benzene rings is 2. The summed E-state index contributed by atoms with van der Waals surface area (Å²) in [6.07, 6.45) is 0. The van der Waals surface area contributed by atoms with E-state index in [1.54, 1.807) is 24.0 Å². The normalized spacial score (nSPS) is 10.9. The largest absolute Gasteiger partial charge is 0.484 e. The van der Waals surface area contributed by atoms with E-state index >= 15 is 0 Å². The van der Waals surface area contributed by atoms with Crippen molar-refractivity contribution in [1.82, 2.24) is 19.6 Å². The van der Waals surface area contributed by atoms with Crippen molar-refractivity contribution in [3.05, 3.63) is 88.1 Å². The number of hydrogen-bond acceptors (Lipinski definition) is 5. The third kappa shape index (κ3) is 4.22. The Bertz CT molecular complexity index is 1250. The highest BCUT2D eigenvalue weighted by Crippen LogP contribution is 2.19. The van der Waals surface area contributed by atoms with Gasteiger partial charge in [0.15, 0.2) is 6.61 Å². The molecule has 8 heteroatoms. The molecular formula is C22H21N5O3. The van der Waals surface area contributed by atoms with Crippen molar-refractivity contribution in [2.24, 2.45) is 0 Å². The fourth-order valence-electron chi connectivity index (χ4n) is 3.12. The fourth-order valence-corrected chi connectivity index (χ4v) is 3.12. The van der Waals surface area contributed by atoms with Gasteiger partial charge in [0.1, 0.15) is 11.6 Å². The van der Waals surface area contributed by atoms with E-state index in [2.05, 4.69) is 15.1 Å². The summed E-state index contributed by atoms with van der Waals surface area (Å²) in [4.78, 5) is 35.4. The van der Waals surface area contributed by atoms with Gasteiger partial charge in [-0.25, -0.2) is 4.98 Å². The summed E-state index contributed by atoms with van der Waals surface area (Å²) in [6.45, 7) is 3.71. The number of hydrogen-bond donors (Lipinski definition) is 1. The number of anilines is 1. The zero-order chi connectivity index (χ0) is 21.1. The Labute approximate surface area is 172 Å². The molecule has 0 saturated heterocycles. The van der Waals surface area contributed by atoms with Gasteiger partial charge in [-0.1, -0.05) is 30.3 Å². The average Bonchev–Trinajstić information content (AvgIpc) is 3.14. The molecule has 2 aromatic carbocycles. The van der Waals surface area contributed by atoms with Gasteiger partial charge in [0.25, 0.3) is 17.2 Å². The summed E-state index contributed by atoms with van der Waals surface area (Å²) in [7, 11) is 0. The van der Waals surface area contributed by atoms with E-state index in [1.165, 1.54) is 10.6 Å². The number of H-pyrrole nitrogens is 1. The first-order valence-corrected chi connectivity index (χ1v) is 9.50. The Balaban J connectivity index is 1.63. The van der Waals surface area contributed by atoms with Gasteiger partial charge in [0, 0.05) is 17.4 Å². The molecule has 2 heterocycles. The Kier molecular flexibility index (Phi) is 5.30. The number of fused-ring (bicyclic) bond motifs is 1. The topological polar surface area (TPSA) is 92.6 Å². The molecule has 4 rings (SSSR count). The van der Waals surface area contributed by atoms with Crippen molar-refractivity contribution in [2.45, 2.75) is 20.4 Å². The molecule has 0 radical (unpaired) electrons. The molecule has 0 bridgehead atoms. The van der Waals surface area contributed by atoms with E-state index in [-0.39, 0.29) is 30.4 Å². The van der Waals surface area contributed by atoms with Crippen LogP contribution in [0.4, 0.5) is 5.69 Å². The van der Waals surface area contributed by atoms with Crippen molar-refractivity contribution in [2.75, 3.05) is 11.5 Å². The minimum atomic E-state index is -0.253. The summed E-state index contributed by atoms with van der Waals surface area (Å²) in [5, 5.41) is 2.93. The summed E-state index contributed by atoms with van der Waals surface area (Å²) in [5.41, 5.74) is 2.07. The lowest BCUT2D eigenvalue weighted by Crippen LogP contribution is -2.35. The highest BCUT2D eigenvalue weighted by Gasteiger charge is 2.19. The molecule has 152 valence electrons. The van der Waals surface area contributed by atoms with Gasteiger partial charge >= 0.3 is 0 Å². The molecule has 2 aromatic heterocycles. The number of carbonyl (C=O) groups excluding carboxylic acids is 1. The average molecular weight is 403 g/mol. The first-order valence-electron chi connectivity index (χ1n) is 9.50. The zero-order valence-electron chi connectivity index (χ0n) is 16.7. The lowest BCUT2D eigenvalue weighted by Gasteiger charge is -2.22. The van der Waals surface area contributed by atoms with Crippen LogP contribution < -0.4 is 15.2 Å². The van der Waals surface area contributed by atoms with Crippen LogP contribution in [0.2, 0.25) is 0 Å². The van der Waals surface area contributed by atoms with Crippen LogP contribution in [0.3, 0.4) is 0 Å². The number of rotatable bonds is 6. The first kappa shape index (κ1) is 19.4. The number of ether oxygens (including phenoxy) is 1. The molecule has 0 aliphatic rings. The van der Waals surface area contributed by atoms with Crippen LogP contribution in [0.1, 0.15) is 17.1 Å². The Hall–Kier alpha value is -3.94. The minimum absolute atomic E-state index is 0.129. The number of nitrogens with zero attached hydrogens (tertiary/aromatic N) is 4. The van der Waals surface area contributed by atoms with Crippen LogP contribution in [0.5, 0.6) is 5.75 Å². The second-order valence-electron chi connectivity index (χ2n) is 6.96. The van der Waals surface area contributed by atoms with Crippen LogP contribution in [0.25, 0.3) is 5.78 Å². The smallest absolute Gasteiger partial charge is 0.274 e. The number of amides is 1. The number of para-hydroxylation sites is 1. The van der Waals surface area contributed by atoms with Crippen molar-refractivity contribution in [3.8, 4) is 5.75 Å². The van der Waals surface area contributed by atoms with Gasteiger partial charge in [-0.3, -0.25) is 14.7 Å². The standard InChI is InChI=1S/C22H21N5O3/c1-15-7-6-8-17(11-15)26(21(29)14-30-18-9-4-3-5-10-18)13-19-24-22-23-16(2)12-20(28)27(22)25-19/h3-12H,13-14H2,1-2H3,(H,23,24,25). The molecule has 0 spiro atoms. The predicted molar refractivity (Wildman–Crippen MR) is 113 cm³/mol. The molecule has 30 heavy (non-hydrogen) atoms. The maximum absolute atomic E-state index is 13.0. The van der Waals surface area contributed by atoms with E-state index in [9.17, 15) is 9.59 Å². The van der Waals surface area contributed by atoms with Crippen molar-refractivity contribution >= 4 is 17.4 Å². The zero-order valence-corrected chi connectivity index (χ0v) is 16.7. The summed E-state index contributed by atoms with van der Waals surface area (Å²) in [6, 6.07) is 18.2. The quantitative estimate of drug-likeness (QED) is 0.534. The van der Waals surface area contributed by atoms with Crippen LogP contribution in [-0.4, -0.2) is 32.1 Å². The molecule has 1 amide bonds. The molecule has 0 fully saturated rings. The number of nitrogens with one attached hydrogen (secondary N) is 1. The van der Waals surface area contributed by atoms with Crippen molar-refractivity contribution in [3.63, 3.8) is 0 Å². The van der Waals surface area contributed by atoms with E-state index in [1.807, 2.05) is 49.4 Å². The molecule has 0 unspecified atom stereocenters. The number of aromatic nitrogens is 4. The van der Waals surface area contributed by atoms with E-state index < -0.39 is 0 Å². The third-order valence-electron chi connectivity index (χ3n) is 4.53. The number of carbonyl (C=O) groups is 1. The lowest BCUT2D eigenvalue weighted by atomic mass is 10.2. The molecule has 4 aromatic rings. The lowest BCUT2D eigenvalue weighted by molar-refractivity contribution is -0.120. The highest BCUT2D eigenvalue weighted by molar-refractivity contribution is 5.94. The van der Waals surface area contributed by atoms with Crippen LogP contribution in [-0.2, 0) is 11.3 Å². The van der Waals surface area contributed by atoms with Crippen LogP contribution >= 0.6 is 0 Å². The van der Waals surface area contributed by atoms with Gasteiger partial charge < -0.3 is 9.64 Å². The van der Waals surface area contributed by atoms with Crippen LogP contribution in [0, 0.1) is 13.8 Å². The second-order valence-corrected chi connectivity index (χ2v) is 6.96. The molecule has 1 N–H and O–H groups in total. The van der Waals surface area contributed by atoms with Gasteiger partial charge in [-0.2, -0.15) is 9.50 Å². The second kappa shape index (κ2) is 8.20. The molecule has 0 saturated carbocycles. The highest BCUT2D eigenvalue weighted by atomic mass is 16.5. The van der Waals surface area contributed by atoms with E-state index in [4.69, 9.17) is 4.74 Å².